The van der Waals surface area contributed by atoms with Gasteiger partial charge in [0.15, 0.2) is 0 Å². The number of allylic oxidation sites excluding steroid dienone is 1. The minimum atomic E-state index is 0. The van der Waals surface area contributed by atoms with E-state index >= 15 is 0 Å². The Morgan fingerprint density at radius 2 is 1.71 bits per heavy atom. The Hall–Kier alpha value is 0.283. The van der Waals surface area contributed by atoms with Gasteiger partial charge in [-0.3, -0.25) is 0 Å². The molecule has 0 spiro atoms. The topological polar surface area (TPSA) is 0 Å². The van der Waals surface area contributed by atoms with E-state index in [0.717, 1.165) is 6.42 Å². The summed E-state index contributed by atoms with van der Waals surface area (Å²) < 4.78 is 0. The quantitative estimate of drug-likeness (QED) is 0.406. The maximum absolute atomic E-state index is 3.46. The van der Waals surface area contributed by atoms with Crippen molar-refractivity contribution in [3.05, 3.63) is 59.2 Å². The molecule has 0 saturated heterocycles. The smallest absolute Gasteiger partial charge is 1.00 e. The number of fused-ring (bicyclic) bond motifs is 3. The molecule has 0 N–H and O–H groups in total. The molecule has 1 aliphatic rings. The first-order valence-electron chi connectivity index (χ1n) is 4.95. The fraction of sp³-hybridized carbons (Fsp3) is 0.143. The maximum Gasteiger partial charge on any atom is 3.00 e. The first-order chi connectivity index (χ1) is 6.84. The van der Waals surface area contributed by atoms with Gasteiger partial charge in [0.1, 0.15) is 0 Å². The summed E-state index contributed by atoms with van der Waals surface area (Å²) in [5.41, 5.74) is 4.07. The maximum atomic E-state index is 3.46. The van der Waals surface area contributed by atoms with Crippen molar-refractivity contribution in [2.24, 2.45) is 0 Å². The van der Waals surface area contributed by atoms with Gasteiger partial charge in [0.05, 0.1) is 0 Å². The van der Waals surface area contributed by atoms with Crippen LogP contribution >= 0.6 is 0 Å². The van der Waals surface area contributed by atoms with Crippen LogP contribution in [0, 0.1) is 6.08 Å². The summed E-state index contributed by atoms with van der Waals surface area (Å²) in [6.45, 7) is 2.15. The molecule has 0 aromatic heterocycles. The predicted molar refractivity (Wildman–Crippen MR) is 59.2 cm³/mol. The number of rotatable bonds is 0. The van der Waals surface area contributed by atoms with Gasteiger partial charge in [-0.15, -0.1) is 28.7 Å². The van der Waals surface area contributed by atoms with Crippen LogP contribution in [0.15, 0.2) is 42.0 Å². The molecule has 0 nitrogen and oxygen atoms in total. The normalized spacial score (nSPS) is 11.7. The Morgan fingerprint density at radius 1 is 1.00 bits per heavy atom. The first kappa shape index (κ1) is 17.3. The predicted octanol–water partition coefficient (Wildman–Crippen LogP) is -2.50. The van der Waals surface area contributed by atoms with E-state index in [1.54, 1.807) is 0 Å². The Bertz CT molecular complexity index is 547. The van der Waals surface area contributed by atoms with Gasteiger partial charge in [-0.1, -0.05) is 43.0 Å². The number of benzene rings is 2. The molecule has 17 heavy (non-hydrogen) atoms. The van der Waals surface area contributed by atoms with Crippen molar-refractivity contribution in [2.45, 2.75) is 13.3 Å². The van der Waals surface area contributed by atoms with Crippen LogP contribution in [0.25, 0.3) is 10.8 Å². The molecule has 0 aliphatic heterocycles. The molecule has 3 rings (SSSR count). The van der Waals surface area contributed by atoms with Crippen molar-refractivity contribution in [2.75, 3.05) is 0 Å². The van der Waals surface area contributed by atoms with E-state index in [2.05, 4.69) is 49.4 Å². The van der Waals surface area contributed by atoms with Crippen molar-refractivity contribution in [1.29, 1.82) is 0 Å². The summed E-state index contributed by atoms with van der Waals surface area (Å²) >= 11 is 0. The molecule has 0 amide bonds. The molecule has 1 aliphatic carbocycles. The molecule has 0 bridgehead atoms. The molecule has 0 heterocycles. The van der Waals surface area contributed by atoms with Crippen LogP contribution in [-0.4, -0.2) is 0 Å². The molecule has 1 radical (unpaired) electrons. The summed E-state index contributed by atoms with van der Waals surface area (Å²) in [5.74, 6) is 0. The summed E-state index contributed by atoms with van der Waals surface area (Å²) in [6.07, 6.45) is 4.53. The summed E-state index contributed by atoms with van der Waals surface area (Å²) in [6, 6.07) is 12.9. The average Bonchev–Trinajstić information content (AvgIpc) is 2.59. The Balaban J connectivity index is 0.000000853. The Morgan fingerprint density at radius 3 is 2.47 bits per heavy atom. The van der Waals surface area contributed by atoms with Gasteiger partial charge in [0.25, 0.3) is 0 Å². The molecule has 0 unspecified atom stereocenters. The first-order valence-corrected chi connectivity index (χ1v) is 4.95. The van der Waals surface area contributed by atoms with Gasteiger partial charge < -0.3 is 34.0 Å². The van der Waals surface area contributed by atoms with Gasteiger partial charge >= 0.3 is 26.2 Å². The number of halogens is 2. The molecule has 2 aromatic carbocycles. The number of hydrogen-bond donors (Lipinski definition) is 0. The zero-order valence-electron chi connectivity index (χ0n) is 9.43. The summed E-state index contributed by atoms with van der Waals surface area (Å²) in [7, 11) is 0. The van der Waals surface area contributed by atoms with Gasteiger partial charge in [0.2, 0.25) is 0 Å². The zero-order valence-corrected chi connectivity index (χ0v) is 15.1. The second kappa shape index (κ2) is 7.02. The van der Waals surface area contributed by atoms with E-state index in [1.807, 2.05) is 0 Å². The van der Waals surface area contributed by atoms with Crippen molar-refractivity contribution in [3.8, 4) is 0 Å². The molecule has 3 heteroatoms. The van der Waals surface area contributed by atoms with Crippen LogP contribution in [0.4, 0.5) is 0 Å². The fourth-order valence-corrected chi connectivity index (χ4v) is 2.15. The summed E-state index contributed by atoms with van der Waals surface area (Å²) in [4.78, 5) is 0. The molecular formula is C14H11Br2Zr. The minimum Gasteiger partial charge on any atom is -1.00 e. The SMILES string of the molecule is CC1=[C-]c2c(ccc3ccccc23)C1.[Br-].[Br-].[Zr+3]. The van der Waals surface area contributed by atoms with Crippen molar-refractivity contribution in [3.63, 3.8) is 0 Å². The third kappa shape index (κ3) is 3.19. The largest absolute Gasteiger partial charge is 3.00 e. The van der Waals surface area contributed by atoms with E-state index < -0.39 is 0 Å². The standard InChI is InChI=1S/C14H11.2BrH.Zr/c1-10-8-12-7-6-11-4-2-3-5-13(11)14(12)9-10;;;/h2-7H,8H2,1H3;2*1H;/q-1;;;+3/p-2. The molecule has 0 saturated carbocycles. The summed E-state index contributed by atoms with van der Waals surface area (Å²) in [5, 5.41) is 2.65. The van der Waals surface area contributed by atoms with Crippen LogP contribution in [-0.2, 0) is 32.6 Å². The molecule has 0 fully saturated rings. The van der Waals surface area contributed by atoms with Gasteiger partial charge in [-0.2, -0.15) is 11.6 Å². The van der Waals surface area contributed by atoms with E-state index in [9.17, 15) is 0 Å². The minimum absolute atomic E-state index is 0. The Kier molecular flexibility index (Phi) is 7.13. The third-order valence-corrected chi connectivity index (χ3v) is 2.81. The monoisotopic (exact) mass is 427 g/mol. The van der Waals surface area contributed by atoms with Crippen molar-refractivity contribution >= 4 is 10.8 Å². The van der Waals surface area contributed by atoms with Gasteiger partial charge in [0, 0.05) is 0 Å². The zero-order chi connectivity index (χ0) is 9.54. The van der Waals surface area contributed by atoms with E-state index in [1.165, 1.54) is 27.5 Å². The van der Waals surface area contributed by atoms with Gasteiger partial charge in [-0.25, -0.2) is 0 Å². The second-order valence-corrected chi connectivity index (χ2v) is 3.90. The van der Waals surface area contributed by atoms with Crippen molar-refractivity contribution < 1.29 is 60.2 Å². The van der Waals surface area contributed by atoms with E-state index in [4.69, 9.17) is 0 Å². The third-order valence-electron chi connectivity index (χ3n) is 2.81. The van der Waals surface area contributed by atoms with Crippen LogP contribution in [0.3, 0.4) is 0 Å². The van der Waals surface area contributed by atoms with Crippen molar-refractivity contribution in [1.82, 2.24) is 0 Å². The molecule has 85 valence electrons. The van der Waals surface area contributed by atoms with Crippen LogP contribution < -0.4 is 34.0 Å². The van der Waals surface area contributed by atoms with E-state index in [-0.39, 0.29) is 60.2 Å². The van der Waals surface area contributed by atoms with Gasteiger partial charge in [-0.05, 0) is 0 Å². The van der Waals surface area contributed by atoms with Crippen LogP contribution in [0.1, 0.15) is 18.1 Å². The molecule has 2 aromatic rings. The molecule has 0 atom stereocenters. The van der Waals surface area contributed by atoms with Crippen LogP contribution in [0.5, 0.6) is 0 Å². The van der Waals surface area contributed by atoms with E-state index in [0.29, 0.717) is 0 Å². The van der Waals surface area contributed by atoms with Crippen LogP contribution in [0.2, 0.25) is 0 Å². The average molecular weight is 430 g/mol. The second-order valence-electron chi connectivity index (χ2n) is 3.90. The number of hydrogen-bond acceptors (Lipinski definition) is 0. The Labute approximate surface area is 142 Å². The fourth-order valence-electron chi connectivity index (χ4n) is 2.15. The molecular weight excluding hydrogens is 419 g/mol.